The van der Waals surface area contributed by atoms with E-state index in [1.54, 1.807) is 0 Å². The van der Waals surface area contributed by atoms with Gasteiger partial charge < -0.3 is 14.9 Å². The lowest BCUT2D eigenvalue weighted by Gasteiger charge is -2.18. The Kier molecular flexibility index (Phi) is 3.48. The number of rotatable bonds is 4. The van der Waals surface area contributed by atoms with Crippen molar-refractivity contribution in [2.24, 2.45) is 0 Å². The molecule has 21 heavy (non-hydrogen) atoms. The number of carboxylic acids is 1. The average Bonchev–Trinajstić information content (AvgIpc) is 2.89. The predicted octanol–water partition coefficient (Wildman–Crippen LogP) is 2.75. The molecule has 1 N–H and O–H groups in total. The van der Waals surface area contributed by atoms with E-state index in [0.29, 0.717) is 0 Å². The van der Waals surface area contributed by atoms with Gasteiger partial charge in [-0.1, -0.05) is 48.0 Å². The summed E-state index contributed by atoms with van der Waals surface area (Å²) in [4.78, 5) is 14.4. The number of hydrogen-bond acceptors (Lipinski definition) is 2. The molecular weight excluding hydrogens is 262 g/mol. The van der Waals surface area contributed by atoms with Crippen LogP contribution in [0.25, 0.3) is 10.9 Å². The third-order valence-electron chi connectivity index (χ3n) is 3.85. The Balaban J connectivity index is 2.11. The zero-order valence-electron chi connectivity index (χ0n) is 11.8. The van der Waals surface area contributed by atoms with Crippen LogP contribution in [-0.4, -0.2) is 11.0 Å². The number of H-pyrrole nitrogens is 1. The van der Waals surface area contributed by atoms with Crippen LogP contribution >= 0.6 is 0 Å². The third kappa shape index (κ3) is 2.68. The van der Waals surface area contributed by atoms with E-state index in [0.717, 1.165) is 27.6 Å². The largest absolute Gasteiger partial charge is 0.550 e. The van der Waals surface area contributed by atoms with E-state index >= 15 is 0 Å². The number of carboxylic acid groups (broad SMARTS) is 1. The molecule has 0 fully saturated rings. The lowest BCUT2D eigenvalue weighted by Crippen LogP contribution is -2.24. The Morgan fingerprint density at radius 1 is 1.14 bits per heavy atom. The van der Waals surface area contributed by atoms with Crippen LogP contribution < -0.4 is 5.11 Å². The van der Waals surface area contributed by atoms with Crippen LogP contribution in [0.1, 0.15) is 29.0 Å². The second-order valence-corrected chi connectivity index (χ2v) is 5.33. The van der Waals surface area contributed by atoms with Crippen molar-refractivity contribution in [3.05, 3.63) is 71.4 Å². The van der Waals surface area contributed by atoms with Crippen LogP contribution in [-0.2, 0) is 4.79 Å². The maximum Gasteiger partial charge on any atom is 0.0457 e. The second kappa shape index (κ2) is 5.44. The molecule has 3 aromatic rings. The van der Waals surface area contributed by atoms with E-state index in [2.05, 4.69) is 4.98 Å². The molecule has 0 amide bonds. The number of aromatic nitrogens is 1. The van der Waals surface area contributed by atoms with Crippen molar-refractivity contribution in [2.45, 2.75) is 19.3 Å². The number of carbonyl (C=O) groups excluding carboxylic acids is 1. The summed E-state index contributed by atoms with van der Waals surface area (Å²) in [6, 6.07) is 15.9. The average molecular weight is 278 g/mol. The first-order valence-corrected chi connectivity index (χ1v) is 6.97. The van der Waals surface area contributed by atoms with Crippen molar-refractivity contribution < 1.29 is 9.90 Å². The standard InChI is InChI=1S/C18H17NO2/c1-12-6-8-13(9-7-12)15(10-18(20)21)16-11-19-17-5-3-2-4-14(16)17/h2-9,11,15,19H,10H2,1H3,(H,20,21)/p-1/t15-/m0/s1. The number of aryl methyl sites for hydroxylation is 1. The fourth-order valence-corrected chi connectivity index (χ4v) is 2.76. The number of carbonyl (C=O) groups is 1. The quantitative estimate of drug-likeness (QED) is 0.797. The smallest absolute Gasteiger partial charge is 0.0457 e. The number of hydrogen-bond donors (Lipinski definition) is 1. The molecule has 0 unspecified atom stereocenters. The van der Waals surface area contributed by atoms with Gasteiger partial charge in [-0.3, -0.25) is 0 Å². The minimum atomic E-state index is -1.04. The normalized spacial score (nSPS) is 12.4. The minimum absolute atomic E-state index is 0.0229. The van der Waals surface area contributed by atoms with Gasteiger partial charge in [-0.05, 0) is 30.5 Å². The molecule has 0 spiro atoms. The molecule has 0 radical (unpaired) electrons. The van der Waals surface area contributed by atoms with Crippen molar-refractivity contribution in [3.63, 3.8) is 0 Å². The molecule has 3 heteroatoms. The summed E-state index contributed by atoms with van der Waals surface area (Å²) < 4.78 is 0. The first-order valence-electron chi connectivity index (χ1n) is 6.97. The molecule has 0 saturated carbocycles. The number of para-hydroxylation sites is 1. The Morgan fingerprint density at radius 3 is 2.57 bits per heavy atom. The van der Waals surface area contributed by atoms with Gasteiger partial charge in [-0.25, -0.2) is 0 Å². The molecule has 0 bridgehead atoms. The van der Waals surface area contributed by atoms with E-state index in [-0.39, 0.29) is 12.3 Å². The summed E-state index contributed by atoms with van der Waals surface area (Å²) in [5.41, 5.74) is 4.17. The predicted molar refractivity (Wildman–Crippen MR) is 80.9 cm³/mol. The van der Waals surface area contributed by atoms with Gasteiger partial charge in [0.05, 0.1) is 0 Å². The van der Waals surface area contributed by atoms with E-state index < -0.39 is 5.97 Å². The lowest BCUT2D eigenvalue weighted by atomic mass is 9.88. The Bertz CT molecular complexity index is 771. The van der Waals surface area contributed by atoms with Gasteiger partial charge in [0.1, 0.15) is 0 Å². The monoisotopic (exact) mass is 278 g/mol. The van der Waals surface area contributed by atoms with Gasteiger partial charge in [-0.15, -0.1) is 0 Å². The molecular formula is C18H16NO2-. The molecule has 3 nitrogen and oxygen atoms in total. The summed E-state index contributed by atoms with van der Waals surface area (Å²) in [5, 5.41) is 12.2. The highest BCUT2D eigenvalue weighted by Gasteiger charge is 2.18. The highest BCUT2D eigenvalue weighted by Crippen LogP contribution is 2.33. The Morgan fingerprint density at radius 2 is 1.86 bits per heavy atom. The minimum Gasteiger partial charge on any atom is -0.550 e. The van der Waals surface area contributed by atoms with Gasteiger partial charge in [0, 0.05) is 29.0 Å². The highest BCUT2D eigenvalue weighted by molar-refractivity contribution is 5.85. The van der Waals surface area contributed by atoms with Crippen molar-refractivity contribution in [3.8, 4) is 0 Å². The molecule has 0 aliphatic rings. The van der Waals surface area contributed by atoms with Crippen LogP contribution in [0.15, 0.2) is 54.7 Å². The van der Waals surface area contributed by atoms with E-state index in [1.807, 2.05) is 61.7 Å². The lowest BCUT2D eigenvalue weighted by molar-refractivity contribution is -0.305. The summed E-state index contributed by atoms with van der Waals surface area (Å²) in [7, 11) is 0. The molecule has 0 saturated heterocycles. The van der Waals surface area contributed by atoms with Crippen LogP contribution in [0, 0.1) is 6.92 Å². The zero-order valence-corrected chi connectivity index (χ0v) is 11.8. The highest BCUT2D eigenvalue weighted by atomic mass is 16.4. The molecule has 0 aliphatic heterocycles. The van der Waals surface area contributed by atoms with Crippen molar-refractivity contribution in [2.75, 3.05) is 0 Å². The zero-order chi connectivity index (χ0) is 14.8. The van der Waals surface area contributed by atoms with Gasteiger partial charge in [0.2, 0.25) is 0 Å². The van der Waals surface area contributed by atoms with Crippen LogP contribution in [0.3, 0.4) is 0 Å². The molecule has 106 valence electrons. The number of aromatic amines is 1. The molecule has 0 aliphatic carbocycles. The number of fused-ring (bicyclic) bond motifs is 1. The van der Waals surface area contributed by atoms with Gasteiger partial charge >= 0.3 is 0 Å². The molecule has 1 atom stereocenters. The van der Waals surface area contributed by atoms with Crippen LogP contribution in [0.2, 0.25) is 0 Å². The van der Waals surface area contributed by atoms with Gasteiger partial charge in [0.25, 0.3) is 0 Å². The summed E-state index contributed by atoms with van der Waals surface area (Å²) in [6.07, 6.45) is 1.88. The number of benzene rings is 2. The summed E-state index contributed by atoms with van der Waals surface area (Å²) in [5.74, 6) is -1.24. The first kappa shape index (κ1) is 13.4. The van der Waals surface area contributed by atoms with Crippen molar-refractivity contribution in [1.29, 1.82) is 0 Å². The summed E-state index contributed by atoms with van der Waals surface area (Å²) in [6.45, 7) is 2.02. The van der Waals surface area contributed by atoms with Crippen LogP contribution in [0.4, 0.5) is 0 Å². The fraction of sp³-hybridized carbons (Fsp3) is 0.167. The molecule has 3 rings (SSSR count). The third-order valence-corrected chi connectivity index (χ3v) is 3.85. The number of nitrogens with one attached hydrogen (secondary N) is 1. The van der Waals surface area contributed by atoms with Crippen molar-refractivity contribution in [1.82, 2.24) is 4.98 Å². The van der Waals surface area contributed by atoms with E-state index in [1.165, 1.54) is 0 Å². The summed E-state index contributed by atoms with van der Waals surface area (Å²) >= 11 is 0. The first-order chi connectivity index (χ1) is 10.1. The molecule has 2 aromatic carbocycles. The Hall–Kier alpha value is -2.55. The molecule has 1 aromatic heterocycles. The SMILES string of the molecule is Cc1ccc([C@H](CC(=O)[O-])c2c[nH]c3ccccc23)cc1. The molecule has 1 heterocycles. The van der Waals surface area contributed by atoms with E-state index in [9.17, 15) is 9.90 Å². The van der Waals surface area contributed by atoms with Gasteiger partial charge in [0.15, 0.2) is 0 Å². The fourth-order valence-electron chi connectivity index (χ4n) is 2.76. The van der Waals surface area contributed by atoms with Crippen molar-refractivity contribution >= 4 is 16.9 Å². The van der Waals surface area contributed by atoms with Gasteiger partial charge in [-0.2, -0.15) is 0 Å². The van der Waals surface area contributed by atoms with Crippen LogP contribution in [0.5, 0.6) is 0 Å². The maximum atomic E-state index is 11.2. The second-order valence-electron chi connectivity index (χ2n) is 5.33. The number of aliphatic carboxylic acids is 1. The maximum absolute atomic E-state index is 11.2. The topological polar surface area (TPSA) is 55.9 Å². The Labute approximate surface area is 123 Å². The van der Waals surface area contributed by atoms with E-state index in [4.69, 9.17) is 0 Å².